The number of rotatable bonds is 5. The maximum absolute atomic E-state index is 10.3. The minimum Gasteiger partial charge on any atom is -0.480 e. The highest BCUT2D eigenvalue weighted by molar-refractivity contribution is 5.72. The molecule has 0 saturated heterocycles. The van der Waals surface area contributed by atoms with Crippen LogP contribution in [0.3, 0.4) is 0 Å². The van der Waals surface area contributed by atoms with Crippen LogP contribution in [0.15, 0.2) is 12.3 Å². The van der Waals surface area contributed by atoms with Crippen LogP contribution in [-0.2, 0) is 4.79 Å². The number of carbonyl (C=O) groups is 1. The molecule has 3 heteroatoms. The summed E-state index contributed by atoms with van der Waals surface area (Å²) in [6, 6.07) is -0.497. The lowest BCUT2D eigenvalue weighted by atomic mass is 10.3. The highest BCUT2D eigenvalue weighted by Gasteiger charge is 2.05. The molecule has 64 valence electrons. The van der Waals surface area contributed by atoms with Crippen molar-refractivity contribution in [1.82, 2.24) is 5.32 Å². The Morgan fingerprint density at radius 3 is 2.82 bits per heavy atom. The average molecular weight is 157 g/mol. The van der Waals surface area contributed by atoms with Gasteiger partial charge in [0.25, 0.3) is 0 Å². The Balaban J connectivity index is 3.44. The van der Waals surface area contributed by atoms with Crippen LogP contribution in [0.5, 0.6) is 0 Å². The van der Waals surface area contributed by atoms with Gasteiger partial charge in [0, 0.05) is 0 Å². The Hall–Kier alpha value is -0.990. The highest BCUT2D eigenvalue weighted by Crippen LogP contribution is 1.87. The molecule has 0 aliphatic heterocycles. The number of nitrogens with one attached hydrogen (secondary N) is 1. The number of carboxylic acids is 1. The lowest BCUT2D eigenvalue weighted by molar-refractivity contribution is -0.138. The lowest BCUT2D eigenvalue weighted by Crippen LogP contribution is -2.29. The van der Waals surface area contributed by atoms with E-state index in [0.717, 1.165) is 12.8 Å². The summed E-state index contributed by atoms with van der Waals surface area (Å²) in [4.78, 5) is 10.3. The van der Waals surface area contributed by atoms with Crippen LogP contribution in [0.25, 0.3) is 0 Å². The second-order valence-corrected chi connectivity index (χ2v) is 2.42. The number of allylic oxidation sites excluding steroid dienone is 1. The predicted molar refractivity (Wildman–Crippen MR) is 44.3 cm³/mol. The van der Waals surface area contributed by atoms with E-state index < -0.39 is 12.0 Å². The van der Waals surface area contributed by atoms with Crippen molar-refractivity contribution < 1.29 is 9.90 Å². The molecule has 0 aromatic rings. The minimum atomic E-state index is -0.828. The smallest absolute Gasteiger partial charge is 0.325 e. The molecule has 0 amide bonds. The van der Waals surface area contributed by atoms with Crippen molar-refractivity contribution >= 4 is 5.97 Å². The van der Waals surface area contributed by atoms with Crippen LogP contribution in [-0.4, -0.2) is 17.1 Å². The topological polar surface area (TPSA) is 49.3 Å². The lowest BCUT2D eigenvalue weighted by Gasteiger charge is -2.04. The molecule has 0 saturated carbocycles. The maximum Gasteiger partial charge on any atom is 0.325 e. The molecule has 0 radical (unpaired) electrons. The molecule has 2 N–H and O–H groups in total. The van der Waals surface area contributed by atoms with Gasteiger partial charge in [-0.1, -0.05) is 19.4 Å². The molecule has 0 spiro atoms. The fourth-order valence-electron chi connectivity index (χ4n) is 0.534. The molecule has 0 fully saturated rings. The van der Waals surface area contributed by atoms with Gasteiger partial charge in [0.15, 0.2) is 0 Å². The predicted octanol–water partition coefficient (Wildman–Crippen LogP) is 1.36. The summed E-state index contributed by atoms with van der Waals surface area (Å²) in [6.45, 7) is 3.68. The van der Waals surface area contributed by atoms with Crippen molar-refractivity contribution in [1.29, 1.82) is 0 Å². The van der Waals surface area contributed by atoms with Crippen molar-refractivity contribution in [2.75, 3.05) is 0 Å². The Labute approximate surface area is 67.1 Å². The third kappa shape index (κ3) is 5.45. The Bertz CT molecular complexity index is 143. The monoisotopic (exact) mass is 157 g/mol. The van der Waals surface area contributed by atoms with E-state index >= 15 is 0 Å². The summed E-state index contributed by atoms with van der Waals surface area (Å²) in [6.07, 6.45) is 5.70. The molecule has 0 aliphatic rings. The average Bonchev–Trinajstić information content (AvgIpc) is 1.97. The standard InChI is InChI=1S/C8H15NO2/c1-3-4-5-6-9-7(2)8(10)11/h5-7,9H,3-4H2,1-2H3,(H,10,11)/b6-5+/t7-/m1/s1. The summed E-state index contributed by atoms with van der Waals surface area (Å²) in [5, 5.41) is 11.2. The fourth-order valence-corrected chi connectivity index (χ4v) is 0.534. The maximum atomic E-state index is 10.3. The van der Waals surface area contributed by atoms with Crippen LogP contribution in [0.1, 0.15) is 26.7 Å². The molecule has 11 heavy (non-hydrogen) atoms. The van der Waals surface area contributed by atoms with Gasteiger partial charge in [-0.25, -0.2) is 0 Å². The number of unbranched alkanes of at least 4 members (excludes halogenated alkanes) is 1. The molecule has 0 aromatic heterocycles. The number of hydrogen-bond donors (Lipinski definition) is 2. The molecule has 3 nitrogen and oxygen atoms in total. The van der Waals surface area contributed by atoms with Gasteiger partial charge in [-0.3, -0.25) is 4.79 Å². The first-order valence-electron chi connectivity index (χ1n) is 3.82. The molecule has 0 heterocycles. The van der Waals surface area contributed by atoms with Crippen molar-refractivity contribution in [3.05, 3.63) is 12.3 Å². The molecule has 0 unspecified atom stereocenters. The SMILES string of the molecule is CCC/C=C/N[C@H](C)C(=O)O. The van der Waals surface area contributed by atoms with Crippen molar-refractivity contribution in [2.24, 2.45) is 0 Å². The zero-order valence-corrected chi connectivity index (χ0v) is 7.00. The molecule has 0 rings (SSSR count). The highest BCUT2D eigenvalue weighted by atomic mass is 16.4. The van der Waals surface area contributed by atoms with E-state index in [1.165, 1.54) is 0 Å². The van der Waals surface area contributed by atoms with Gasteiger partial charge in [0.2, 0.25) is 0 Å². The first-order chi connectivity index (χ1) is 5.18. The molecule has 1 atom stereocenters. The third-order valence-corrected chi connectivity index (χ3v) is 1.29. The molecule has 0 bridgehead atoms. The van der Waals surface area contributed by atoms with Crippen LogP contribution < -0.4 is 5.32 Å². The van der Waals surface area contributed by atoms with E-state index in [9.17, 15) is 4.79 Å². The van der Waals surface area contributed by atoms with Crippen LogP contribution >= 0.6 is 0 Å². The van der Waals surface area contributed by atoms with Crippen LogP contribution in [0.4, 0.5) is 0 Å². The Morgan fingerprint density at radius 2 is 2.36 bits per heavy atom. The van der Waals surface area contributed by atoms with Gasteiger partial charge in [-0.2, -0.15) is 0 Å². The van der Waals surface area contributed by atoms with Gasteiger partial charge < -0.3 is 10.4 Å². The van der Waals surface area contributed by atoms with Gasteiger partial charge in [0.05, 0.1) is 0 Å². The van der Waals surface area contributed by atoms with Gasteiger partial charge in [-0.05, 0) is 19.5 Å². The second kappa shape index (κ2) is 5.77. The van der Waals surface area contributed by atoms with Crippen LogP contribution in [0, 0.1) is 0 Å². The molecule has 0 aliphatic carbocycles. The first kappa shape index (κ1) is 10.0. The minimum absolute atomic E-state index is 0.497. The summed E-state index contributed by atoms with van der Waals surface area (Å²) < 4.78 is 0. The van der Waals surface area contributed by atoms with Crippen molar-refractivity contribution in [2.45, 2.75) is 32.7 Å². The first-order valence-corrected chi connectivity index (χ1v) is 3.82. The van der Waals surface area contributed by atoms with Gasteiger partial charge in [0.1, 0.15) is 6.04 Å². The van der Waals surface area contributed by atoms with E-state index in [4.69, 9.17) is 5.11 Å². The van der Waals surface area contributed by atoms with Crippen LogP contribution in [0.2, 0.25) is 0 Å². The van der Waals surface area contributed by atoms with E-state index in [1.54, 1.807) is 13.1 Å². The fraction of sp³-hybridized carbons (Fsp3) is 0.625. The van der Waals surface area contributed by atoms with Crippen molar-refractivity contribution in [3.63, 3.8) is 0 Å². The summed E-state index contributed by atoms with van der Waals surface area (Å²) in [5.41, 5.74) is 0. The summed E-state index contributed by atoms with van der Waals surface area (Å²) in [7, 11) is 0. The van der Waals surface area contributed by atoms with Gasteiger partial charge >= 0.3 is 5.97 Å². The normalized spacial score (nSPS) is 13.3. The molecular formula is C8H15NO2. The second-order valence-electron chi connectivity index (χ2n) is 2.42. The number of aliphatic carboxylic acids is 1. The quantitative estimate of drug-likeness (QED) is 0.633. The Kier molecular flexibility index (Phi) is 5.25. The number of carboxylic acid groups (broad SMARTS) is 1. The van der Waals surface area contributed by atoms with E-state index in [2.05, 4.69) is 12.2 Å². The summed E-state index contributed by atoms with van der Waals surface area (Å²) >= 11 is 0. The van der Waals surface area contributed by atoms with E-state index in [-0.39, 0.29) is 0 Å². The third-order valence-electron chi connectivity index (χ3n) is 1.29. The zero-order chi connectivity index (χ0) is 8.69. The number of hydrogen-bond acceptors (Lipinski definition) is 2. The zero-order valence-electron chi connectivity index (χ0n) is 7.00. The largest absolute Gasteiger partial charge is 0.480 e. The van der Waals surface area contributed by atoms with E-state index in [1.807, 2.05) is 6.08 Å². The van der Waals surface area contributed by atoms with Gasteiger partial charge in [-0.15, -0.1) is 0 Å². The summed E-state index contributed by atoms with van der Waals surface area (Å²) in [5.74, 6) is -0.828. The molecule has 0 aromatic carbocycles. The van der Waals surface area contributed by atoms with E-state index in [0.29, 0.717) is 0 Å². The Morgan fingerprint density at radius 1 is 1.73 bits per heavy atom. The van der Waals surface area contributed by atoms with Crippen molar-refractivity contribution in [3.8, 4) is 0 Å². The molecular weight excluding hydrogens is 142 g/mol.